The Morgan fingerprint density at radius 2 is 2.00 bits per heavy atom. The largest absolute Gasteiger partial charge is 0.334 e. The quantitative estimate of drug-likeness (QED) is 0.907. The smallest absolute Gasteiger partial charge is 0.255 e. The van der Waals surface area contributed by atoms with Gasteiger partial charge in [-0.15, -0.1) is 0 Å². The summed E-state index contributed by atoms with van der Waals surface area (Å²) in [6.45, 7) is 2.59. The molecule has 6 nitrogen and oxygen atoms in total. The van der Waals surface area contributed by atoms with Crippen molar-refractivity contribution in [3.63, 3.8) is 0 Å². The molecule has 2 aromatic rings. The fourth-order valence-electron chi connectivity index (χ4n) is 4.61. The SMILES string of the molecule is CCC[C@@H]1N(C(=O)c2ccc(=O)n(C)c2)CC[C@]12C(=O)Nc1ccccc12. The Morgan fingerprint density at radius 3 is 2.74 bits per heavy atom. The third-order valence-corrected chi connectivity index (χ3v) is 5.91. The Balaban J connectivity index is 1.76. The molecule has 0 aliphatic carbocycles. The van der Waals surface area contributed by atoms with Crippen LogP contribution in [-0.2, 0) is 17.3 Å². The number of carbonyl (C=O) groups excluding carboxylic acids is 2. The van der Waals surface area contributed by atoms with Crippen LogP contribution in [0.15, 0.2) is 47.4 Å². The number of hydrogen-bond donors (Lipinski definition) is 1. The molecule has 0 bridgehead atoms. The van der Waals surface area contributed by atoms with Gasteiger partial charge in [0, 0.05) is 31.5 Å². The summed E-state index contributed by atoms with van der Waals surface area (Å²) in [5, 5.41) is 3.01. The highest BCUT2D eigenvalue weighted by molar-refractivity contribution is 6.08. The van der Waals surface area contributed by atoms with Crippen LogP contribution in [-0.4, -0.2) is 33.9 Å². The van der Waals surface area contributed by atoms with Crippen LogP contribution < -0.4 is 10.9 Å². The van der Waals surface area contributed by atoms with Crippen molar-refractivity contribution in [1.82, 2.24) is 9.47 Å². The van der Waals surface area contributed by atoms with E-state index >= 15 is 0 Å². The zero-order valence-electron chi connectivity index (χ0n) is 15.6. The van der Waals surface area contributed by atoms with E-state index in [1.807, 2.05) is 29.2 Å². The van der Waals surface area contributed by atoms with Crippen molar-refractivity contribution < 1.29 is 9.59 Å². The summed E-state index contributed by atoms with van der Waals surface area (Å²) >= 11 is 0. The monoisotopic (exact) mass is 365 g/mol. The van der Waals surface area contributed by atoms with Crippen LogP contribution in [0.3, 0.4) is 0 Å². The lowest BCUT2D eigenvalue weighted by atomic mass is 9.73. The lowest BCUT2D eigenvalue weighted by Crippen LogP contribution is -2.48. The maximum absolute atomic E-state index is 13.2. The van der Waals surface area contributed by atoms with Crippen molar-refractivity contribution in [2.45, 2.75) is 37.6 Å². The summed E-state index contributed by atoms with van der Waals surface area (Å²) in [4.78, 5) is 39.8. The van der Waals surface area contributed by atoms with Gasteiger partial charge in [-0.25, -0.2) is 0 Å². The summed E-state index contributed by atoms with van der Waals surface area (Å²) < 4.78 is 1.41. The van der Waals surface area contributed by atoms with Gasteiger partial charge < -0.3 is 14.8 Å². The molecule has 1 aromatic carbocycles. The first-order valence-corrected chi connectivity index (χ1v) is 9.37. The highest BCUT2D eigenvalue weighted by atomic mass is 16.2. The Hall–Kier alpha value is -2.89. The van der Waals surface area contributed by atoms with Crippen LogP contribution >= 0.6 is 0 Å². The summed E-state index contributed by atoms with van der Waals surface area (Å²) in [5.74, 6) is -0.143. The lowest BCUT2D eigenvalue weighted by Gasteiger charge is -2.34. The Kier molecular flexibility index (Phi) is 4.13. The van der Waals surface area contributed by atoms with Gasteiger partial charge in [0.05, 0.1) is 17.0 Å². The molecule has 4 rings (SSSR count). The second kappa shape index (κ2) is 6.37. The van der Waals surface area contributed by atoms with E-state index in [1.165, 1.54) is 10.6 Å². The average molecular weight is 365 g/mol. The summed E-state index contributed by atoms with van der Waals surface area (Å²) in [6.07, 6.45) is 3.80. The number of para-hydroxylation sites is 1. The number of aryl methyl sites for hydroxylation is 1. The molecule has 6 heteroatoms. The molecular formula is C21H23N3O3. The van der Waals surface area contributed by atoms with Gasteiger partial charge in [-0.2, -0.15) is 0 Å². The first-order valence-electron chi connectivity index (χ1n) is 9.37. The highest BCUT2D eigenvalue weighted by Crippen LogP contribution is 2.49. The molecule has 1 aromatic heterocycles. The maximum Gasteiger partial charge on any atom is 0.255 e. The normalized spacial score (nSPS) is 23.6. The minimum absolute atomic E-state index is 0.0158. The van der Waals surface area contributed by atoms with E-state index < -0.39 is 5.41 Å². The molecule has 2 aliphatic heterocycles. The topological polar surface area (TPSA) is 71.4 Å². The number of hydrogen-bond acceptors (Lipinski definition) is 3. The standard InChI is InChI=1S/C21H23N3O3/c1-3-6-17-21(15-7-4-5-8-16(15)22-20(21)27)11-12-24(17)19(26)14-9-10-18(25)23(2)13-14/h4-5,7-10,13,17H,3,6,11-12H2,1-2H3,(H,22,27)/t17-,21+/m0/s1. The van der Waals surface area contributed by atoms with Crippen LogP contribution in [0, 0.1) is 0 Å². The fraction of sp³-hybridized carbons (Fsp3) is 0.381. The van der Waals surface area contributed by atoms with E-state index in [4.69, 9.17) is 0 Å². The molecule has 1 N–H and O–H groups in total. The van der Waals surface area contributed by atoms with Gasteiger partial charge in [-0.05, 0) is 30.5 Å². The number of rotatable bonds is 3. The second-order valence-electron chi connectivity index (χ2n) is 7.39. The summed E-state index contributed by atoms with van der Waals surface area (Å²) in [5.41, 5.74) is 1.47. The second-order valence-corrected chi connectivity index (χ2v) is 7.39. The first-order chi connectivity index (χ1) is 13.0. The predicted molar refractivity (Wildman–Crippen MR) is 103 cm³/mol. The van der Waals surface area contributed by atoms with Crippen LogP contribution in [0.25, 0.3) is 0 Å². The molecular weight excluding hydrogens is 342 g/mol. The van der Waals surface area contributed by atoms with E-state index in [-0.39, 0.29) is 23.4 Å². The molecule has 3 heterocycles. The molecule has 1 spiro atoms. The minimum atomic E-state index is -0.692. The van der Waals surface area contributed by atoms with Gasteiger partial charge in [0.25, 0.3) is 5.91 Å². The molecule has 1 saturated heterocycles. The van der Waals surface area contributed by atoms with Crippen molar-refractivity contribution in [1.29, 1.82) is 0 Å². The van der Waals surface area contributed by atoms with Crippen molar-refractivity contribution in [3.8, 4) is 0 Å². The van der Waals surface area contributed by atoms with E-state index in [9.17, 15) is 14.4 Å². The lowest BCUT2D eigenvalue weighted by molar-refractivity contribution is -0.121. The number of fused-ring (bicyclic) bond motifs is 2. The van der Waals surface area contributed by atoms with Crippen LogP contribution in [0.4, 0.5) is 5.69 Å². The fourth-order valence-corrected chi connectivity index (χ4v) is 4.61. The number of nitrogens with zero attached hydrogens (tertiary/aromatic N) is 2. The maximum atomic E-state index is 13.2. The number of nitrogens with one attached hydrogen (secondary N) is 1. The van der Waals surface area contributed by atoms with Gasteiger partial charge in [0.2, 0.25) is 11.5 Å². The number of carbonyl (C=O) groups is 2. The molecule has 0 radical (unpaired) electrons. The number of likely N-dealkylation sites (tertiary alicyclic amines) is 1. The van der Waals surface area contributed by atoms with E-state index in [0.29, 0.717) is 18.5 Å². The highest BCUT2D eigenvalue weighted by Gasteiger charge is 2.58. The Bertz CT molecular complexity index is 981. The van der Waals surface area contributed by atoms with Gasteiger partial charge in [0.1, 0.15) is 0 Å². The van der Waals surface area contributed by atoms with Crippen molar-refractivity contribution in [2.24, 2.45) is 7.05 Å². The first kappa shape index (κ1) is 17.5. The van der Waals surface area contributed by atoms with Crippen molar-refractivity contribution in [2.75, 3.05) is 11.9 Å². The van der Waals surface area contributed by atoms with Crippen LogP contribution in [0.1, 0.15) is 42.1 Å². The summed E-state index contributed by atoms with van der Waals surface area (Å²) in [6, 6.07) is 10.6. The number of aromatic nitrogens is 1. The van der Waals surface area contributed by atoms with E-state index in [1.54, 1.807) is 19.3 Å². The van der Waals surface area contributed by atoms with E-state index in [0.717, 1.165) is 24.1 Å². The number of benzene rings is 1. The molecule has 0 saturated carbocycles. The third-order valence-electron chi connectivity index (χ3n) is 5.91. The molecule has 2 amide bonds. The molecule has 2 atom stereocenters. The molecule has 0 unspecified atom stereocenters. The van der Waals surface area contributed by atoms with Crippen LogP contribution in [0.2, 0.25) is 0 Å². The van der Waals surface area contributed by atoms with E-state index in [2.05, 4.69) is 12.2 Å². The molecule has 1 fully saturated rings. The van der Waals surface area contributed by atoms with Crippen molar-refractivity contribution >= 4 is 17.5 Å². The van der Waals surface area contributed by atoms with Gasteiger partial charge in [-0.1, -0.05) is 31.5 Å². The number of amides is 2. The van der Waals surface area contributed by atoms with Gasteiger partial charge in [0.15, 0.2) is 0 Å². The zero-order valence-corrected chi connectivity index (χ0v) is 15.6. The van der Waals surface area contributed by atoms with Crippen LogP contribution in [0.5, 0.6) is 0 Å². The zero-order chi connectivity index (χ0) is 19.2. The Morgan fingerprint density at radius 1 is 1.22 bits per heavy atom. The molecule has 2 aliphatic rings. The Labute approximate surface area is 157 Å². The third kappa shape index (κ3) is 2.51. The van der Waals surface area contributed by atoms with Crippen molar-refractivity contribution in [3.05, 3.63) is 64.1 Å². The minimum Gasteiger partial charge on any atom is -0.334 e. The summed E-state index contributed by atoms with van der Waals surface area (Å²) in [7, 11) is 1.63. The number of pyridine rings is 1. The number of anilines is 1. The molecule has 27 heavy (non-hydrogen) atoms. The average Bonchev–Trinajstić information content (AvgIpc) is 3.17. The predicted octanol–water partition coefficient (Wildman–Crippen LogP) is 2.29. The molecule has 140 valence electrons. The van der Waals surface area contributed by atoms with Gasteiger partial charge >= 0.3 is 0 Å². The van der Waals surface area contributed by atoms with Gasteiger partial charge in [-0.3, -0.25) is 14.4 Å².